The zero-order valence-corrected chi connectivity index (χ0v) is 18.3. The number of amides is 1. The smallest absolute Gasteiger partial charge is 0.257 e. The Morgan fingerprint density at radius 3 is 2.29 bits per heavy atom. The zero-order chi connectivity index (χ0) is 22.0. The molecule has 9 heteroatoms. The number of nitrogens with zero attached hydrogens (tertiary/aromatic N) is 3. The number of benzene rings is 2. The number of anilines is 1. The van der Waals surface area contributed by atoms with Crippen molar-refractivity contribution in [2.24, 2.45) is 0 Å². The highest BCUT2D eigenvalue weighted by Gasteiger charge is 2.31. The molecule has 0 radical (unpaired) electrons. The Hall–Kier alpha value is -2.65. The fraction of sp³-hybridized carbons (Fsp3) is 0.409. The lowest BCUT2D eigenvalue weighted by atomic mass is 10.1. The lowest BCUT2D eigenvalue weighted by Crippen LogP contribution is -2.48. The van der Waals surface area contributed by atoms with Crippen LogP contribution in [0.2, 0.25) is 0 Å². The van der Waals surface area contributed by atoms with Crippen LogP contribution in [0, 0.1) is 5.82 Å². The van der Waals surface area contributed by atoms with Crippen molar-refractivity contribution in [3.05, 3.63) is 53.8 Å². The van der Waals surface area contributed by atoms with Gasteiger partial charge < -0.3 is 14.5 Å². The molecule has 0 saturated carbocycles. The first-order valence-electron chi connectivity index (χ1n) is 10.4. The summed E-state index contributed by atoms with van der Waals surface area (Å²) >= 11 is 0. The molecule has 0 aliphatic carbocycles. The third kappa shape index (κ3) is 4.24. The van der Waals surface area contributed by atoms with Gasteiger partial charge in [0.1, 0.15) is 11.6 Å². The van der Waals surface area contributed by atoms with Gasteiger partial charge in [-0.15, -0.1) is 0 Å². The molecule has 0 aromatic heterocycles. The second kappa shape index (κ2) is 8.84. The molecule has 7 nitrogen and oxygen atoms in total. The molecule has 2 aliphatic heterocycles. The van der Waals surface area contributed by atoms with Crippen LogP contribution in [0.25, 0.3) is 0 Å². The van der Waals surface area contributed by atoms with Crippen LogP contribution in [0.15, 0.2) is 47.4 Å². The van der Waals surface area contributed by atoms with Crippen LogP contribution in [0.3, 0.4) is 0 Å². The van der Waals surface area contributed by atoms with E-state index in [1.165, 1.54) is 35.7 Å². The summed E-state index contributed by atoms with van der Waals surface area (Å²) in [6, 6.07) is 10.9. The Kier molecular flexibility index (Phi) is 6.15. The minimum absolute atomic E-state index is 0.0650. The molecule has 0 spiro atoms. The molecule has 166 valence electrons. The van der Waals surface area contributed by atoms with Crippen molar-refractivity contribution in [2.45, 2.75) is 17.7 Å². The van der Waals surface area contributed by atoms with E-state index in [4.69, 9.17) is 4.74 Å². The van der Waals surface area contributed by atoms with Crippen LogP contribution in [0.5, 0.6) is 5.75 Å². The molecule has 0 bridgehead atoms. The van der Waals surface area contributed by atoms with Gasteiger partial charge in [-0.05, 0) is 43.2 Å². The average Bonchev–Trinajstić information content (AvgIpc) is 3.33. The van der Waals surface area contributed by atoms with Gasteiger partial charge in [-0.3, -0.25) is 4.79 Å². The van der Waals surface area contributed by atoms with Crippen molar-refractivity contribution in [3.8, 4) is 5.75 Å². The molecule has 2 aromatic carbocycles. The van der Waals surface area contributed by atoms with Gasteiger partial charge in [-0.25, -0.2) is 12.8 Å². The van der Waals surface area contributed by atoms with Gasteiger partial charge in [-0.2, -0.15) is 4.31 Å². The van der Waals surface area contributed by atoms with E-state index >= 15 is 0 Å². The first kappa shape index (κ1) is 21.6. The number of hydrogen-bond acceptors (Lipinski definition) is 5. The molecule has 1 amide bonds. The largest absolute Gasteiger partial charge is 0.496 e. The quantitative estimate of drug-likeness (QED) is 0.705. The number of rotatable bonds is 5. The number of methoxy groups -OCH3 is 1. The van der Waals surface area contributed by atoms with Gasteiger partial charge in [0, 0.05) is 39.3 Å². The van der Waals surface area contributed by atoms with E-state index in [-0.39, 0.29) is 35.3 Å². The zero-order valence-electron chi connectivity index (χ0n) is 17.5. The van der Waals surface area contributed by atoms with Crippen LogP contribution in [-0.4, -0.2) is 69.9 Å². The van der Waals surface area contributed by atoms with E-state index in [2.05, 4.69) is 0 Å². The highest BCUT2D eigenvalue weighted by atomic mass is 32.2. The Bertz CT molecular complexity index is 1060. The number of ether oxygens (including phenoxy) is 1. The van der Waals surface area contributed by atoms with E-state index in [9.17, 15) is 17.6 Å². The van der Waals surface area contributed by atoms with E-state index in [0.717, 1.165) is 12.8 Å². The van der Waals surface area contributed by atoms with Gasteiger partial charge in [0.15, 0.2) is 0 Å². The molecular formula is C22H26FN3O4S. The van der Waals surface area contributed by atoms with Crippen molar-refractivity contribution in [1.82, 2.24) is 9.21 Å². The lowest BCUT2D eigenvalue weighted by Gasteiger charge is -2.35. The monoisotopic (exact) mass is 447 g/mol. The molecule has 0 atom stereocenters. The second-order valence-corrected chi connectivity index (χ2v) is 9.64. The average molecular weight is 448 g/mol. The molecule has 2 fully saturated rings. The van der Waals surface area contributed by atoms with Crippen molar-refractivity contribution in [1.29, 1.82) is 0 Å². The molecule has 0 N–H and O–H groups in total. The number of carbonyl (C=O) groups is 1. The SMILES string of the molecule is COc1ccc(S(=O)(=O)N2CCN(c3ccccc3F)CC2)cc1C(=O)N1CCCC1. The number of likely N-dealkylation sites (tertiary alicyclic amines) is 1. The minimum atomic E-state index is -3.80. The van der Waals surface area contributed by atoms with E-state index in [1.54, 1.807) is 23.1 Å². The first-order valence-corrected chi connectivity index (χ1v) is 11.8. The van der Waals surface area contributed by atoms with Gasteiger partial charge >= 0.3 is 0 Å². The molecule has 0 unspecified atom stereocenters. The highest BCUT2D eigenvalue weighted by molar-refractivity contribution is 7.89. The standard InChI is InChI=1S/C22H26FN3O4S/c1-30-21-9-8-17(16-18(21)22(27)25-10-4-5-11-25)31(28,29)26-14-12-24(13-15-26)20-7-3-2-6-19(20)23/h2-3,6-9,16H,4-5,10-15H2,1H3. The van der Waals surface area contributed by atoms with Crippen LogP contribution in [-0.2, 0) is 10.0 Å². The van der Waals surface area contributed by atoms with Gasteiger partial charge in [0.2, 0.25) is 10.0 Å². The van der Waals surface area contributed by atoms with Crippen LogP contribution in [0.4, 0.5) is 10.1 Å². The van der Waals surface area contributed by atoms with E-state index in [1.807, 2.05) is 4.90 Å². The highest BCUT2D eigenvalue weighted by Crippen LogP contribution is 2.28. The number of halogens is 1. The van der Waals surface area contributed by atoms with Gasteiger partial charge in [0.25, 0.3) is 5.91 Å². The maximum atomic E-state index is 14.1. The van der Waals surface area contributed by atoms with Crippen LogP contribution in [0.1, 0.15) is 23.2 Å². The molecule has 31 heavy (non-hydrogen) atoms. The third-order valence-corrected chi connectivity index (χ3v) is 7.76. The third-order valence-electron chi connectivity index (χ3n) is 5.86. The van der Waals surface area contributed by atoms with Crippen LogP contribution >= 0.6 is 0 Å². The van der Waals surface area contributed by atoms with Crippen LogP contribution < -0.4 is 9.64 Å². The summed E-state index contributed by atoms with van der Waals surface area (Å²) in [5.41, 5.74) is 0.734. The number of piperazine rings is 1. The predicted octanol–water partition coefficient (Wildman–Crippen LogP) is 2.58. The Morgan fingerprint density at radius 1 is 0.968 bits per heavy atom. The number of sulfonamides is 1. The lowest BCUT2D eigenvalue weighted by molar-refractivity contribution is 0.0789. The maximum Gasteiger partial charge on any atom is 0.257 e. The summed E-state index contributed by atoms with van der Waals surface area (Å²) in [5, 5.41) is 0. The molecule has 4 rings (SSSR count). The van der Waals surface area contributed by atoms with Crippen molar-refractivity contribution in [3.63, 3.8) is 0 Å². The second-order valence-electron chi connectivity index (χ2n) is 7.70. The van der Waals surface area contributed by atoms with E-state index in [0.29, 0.717) is 37.6 Å². The Labute approximate surface area is 182 Å². The van der Waals surface area contributed by atoms with Crippen molar-refractivity contribution < 1.29 is 22.3 Å². The predicted molar refractivity (Wildman–Crippen MR) is 116 cm³/mol. The maximum absolute atomic E-state index is 14.1. The number of hydrogen-bond donors (Lipinski definition) is 0. The summed E-state index contributed by atoms with van der Waals surface area (Å²) in [7, 11) is -2.33. The molecule has 2 saturated heterocycles. The van der Waals surface area contributed by atoms with Gasteiger partial charge in [0.05, 0.1) is 23.3 Å². The Balaban J connectivity index is 1.54. The van der Waals surface area contributed by atoms with Crippen molar-refractivity contribution in [2.75, 3.05) is 51.3 Å². The fourth-order valence-corrected chi connectivity index (χ4v) is 5.58. The summed E-state index contributed by atoms with van der Waals surface area (Å²) in [6.07, 6.45) is 1.89. The first-order chi connectivity index (χ1) is 14.9. The Morgan fingerprint density at radius 2 is 1.65 bits per heavy atom. The summed E-state index contributed by atoms with van der Waals surface area (Å²) in [4.78, 5) is 16.5. The summed E-state index contributed by atoms with van der Waals surface area (Å²) in [5.74, 6) is -0.171. The van der Waals surface area contributed by atoms with Crippen molar-refractivity contribution >= 4 is 21.6 Å². The molecule has 2 aromatic rings. The molecular weight excluding hydrogens is 421 g/mol. The molecule has 2 heterocycles. The fourth-order valence-electron chi connectivity index (χ4n) is 4.13. The van der Waals surface area contributed by atoms with Gasteiger partial charge in [-0.1, -0.05) is 12.1 Å². The molecule has 2 aliphatic rings. The minimum Gasteiger partial charge on any atom is -0.496 e. The normalized spacial score (nSPS) is 17.7. The van der Waals surface area contributed by atoms with E-state index < -0.39 is 10.0 Å². The number of para-hydroxylation sites is 1. The summed E-state index contributed by atoms with van der Waals surface area (Å²) in [6.45, 7) is 2.57. The summed E-state index contributed by atoms with van der Waals surface area (Å²) < 4.78 is 47.3. The topological polar surface area (TPSA) is 70.2 Å². The number of carbonyl (C=O) groups excluding carboxylic acids is 1.